The predicted molar refractivity (Wildman–Crippen MR) is 62.1 cm³/mol. The molecule has 2 aliphatic rings. The van der Waals surface area contributed by atoms with Crippen LogP contribution >= 0.6 is 0 Å². The average molecular weight is 226 g/mol. The maximum absolute atomic E-state index is 12.0. The van der Waals surface area contributed by atoms with Gasteiger partial charge in [-0.2, -0.15) is 0 Å². The Morgan fingerprint density at radius 2 is 2.12 bits per heavy atom. The van der Waals surface area contributed by atoms with Crippen LogP contribution in [0.4, 0.5) is 0 Å². The predicted octanol–water partition coefficient (Wildman–Crippen LogP) is 0.454. The molecule has 0 unspecified atom stereocenters. The molecular formula is C12H22N2O2. The van der Waals surface area contributed by atoms with E-state index in [1.54, 1.807) is 0 Å². The highest BCUT2D eigenvalue weighted by Crippen LogP contribution is 2.26. The zero-order valence-electron chi connectivity index (χ0n) is 10.1. The van der Waals surface area contributed by atoms with E-state index in [0.29, 0.717) is 6.04 Å². The largest absolute Gasteiger partial charge is 0.396 e. The van der Waals surface area contributed by atoms with Crippen LogP contribution in [0.5, 0.6) is 0 Å². The summed E-state index contributed by atoms with van der Waals surface area (Å²) in [6.07, 6.45) is 5.33. The van der Waals surface area contributed by atoms with E-state index in [1.807, 2.05) is 11.9 Å². The number of carbonyl (C=O) groups excluding carboxylic acids is 1. The lowest BCUT2D eigenvalue weighted by Gasteiger charge is -2.38. The molecule has 1 N–H and O–H groups in total. The number of aliphatic hydroxyl groups excluding tert-OH is 1. The van der Waals surface area contributed by atoms with Crippen molar-refractivity contribution in [3.63, 3.8) is 0 Å². The van der Waals surface area contributed by atoms with Crippen LogP contribution in [0.1, 0.15) is 32.1 Å². The fourth-order valence-corrected chi connectivity index (χ4v) is 3.00. The third-order valence-corrected chi connectivity index (χ3v) is 3.93. The first-order valence-electron chi connectivity index (χ1n) is 6.35. The number of nitrogens with zero attached hydrogens (tertiary/aromatic N) is 2. The molecule has 2 saturated heterocycles. The fourth-order valence-electron chi connectivity index (χ4n) is 3.00. The summed E-state index contributed by atoms with van der Waals surface area (Å²) in [4.78, 5) is 16.1. The van der Waals surface area contributed by atoms with Gasteiger partial charge in [0.1, 0.15) is 0 Å². The smallest absolute Gasteiger partial charge is 0.239 e. The Bertz CT molecular complexity index is 255. The van der Waals surface area contributed by atoms with Crippen molar-refractivity contribution < 1.29 is 9.90 Å². The fraction of sp³-hybridized carbons (Fsp3) is 0.917. The molecule has 0 bridgehead atoms. The van der Waals surface area contributed by atoms with Gasteiger partial charge in [0, 0.05) is 26.2 Å². The zero-order valence-corrected chi connectivity index (χ0v) is 10.1. The van der Waals surface area contributed by atoms with Crippen molar-refractivity contribution in [2.75, 3.05) is 26.7 Å². The molecule has 16 heavy (non-hydrogen) atoms. The molecule has 0 aromatic heterocycles. The van der Waals surface area contributed by atoms with E-state index < -0.39 is 0 Å². The van der Waals surface area contributed by atoms with Gasteiger partial charge in [-0.05, 0) is 32.2 Å². The van der Waals surface area contributed by atoms with Gasteiger partial charge in [0.15, 0.2) is 0 Å². The number of likely N-dealkylation sites (N-methyl/N-ethyl adjacent to an activating group) is 1. The molecule has 0 saturated carbocycles. The minimum Gasteiger partial charge on any atom is -0.396 e. The van der Waals surface area contributed by atoms with Crippen molar-refractivity contribution in [3.8, 4) is 0 Å². The molecule has 0 spiro atoms. The van der Waals surface area contributed by atoms with Gasteiger partial charge in [0.05, 0.1) is 6.04 Å². The number of aliphatic hydroxyl groups is 1. The van der Waals surface area contributed by atoms with Crippen molar-refractivity contribution in [1.29, 1.82) is 0 Å². The molecule has 2 heterocycles. The number of rotatable bonds is 3. The highest BCUT2D eigenvalue weighted by atomic mass is 16.3. The Kier molecular flexibility index (Phi) is 3.82. The minimum atomic E-state index is 0.0850. The highest BCUT2D eigenvalue weighted by Gasteiger charge is 2.37. The van der Waals surface area contributed by atoms with Gasteiger partial charge in [0.2, 0.25) is 5.91 Å². The quantitative estimate of drug-likeness (QED) is 0.760. The summed E-state index contributed by atoms with van der Waals surface area (Å²) >= 11 is 0. The van der Waals surface area contributed by atoms with Crippen molar-refractivity contribution in [2.45, 2.75) is 44.2 Å². The van der Waals surface area contributed by atoms with Crippen LogP contribution < -0.4 is 0 Å². The second kappa shape index (κ2) is 5.15. The summed E-state index contributed by atoms with van der Waals surface area (Å²) in [7, 11) is 1.88. The molecule has 0 aromatic carbocycles. The SMILES string of the molecule is CN1CC[C@H](N2CCCC[C@H]2CCO)C1=O. The van der Waals surface area contributed by atoms with Crippen LogP contribution in [-0.4, -0.2) is 59.6 Å². The molecule has 4 heteroatoms. The Labute approximate surface area is 97.2 Å². The number of piperidine rings is 1. The molecule has 2 rings (SSSR count). The van der Waals surface area contributed by atoms with Crippen LogP contribution in [0.3, 0.4) is 0 Å². The lowest BCUT2D eigenvalue weighted by molar-refractivity contribution is -0.132. The molecule has 0 aliphatic carbocycles. The van der Waals surface area contributed by atoms with E-state index in [-0.39, 0.29) is 18.6 Å². The third-order valence-electron chi connectivity index (χ3n) is 3.93. The molecule has 0 aromatic rings. The Morgan fingerprint density at radius 1 is 1.31 bits per heavy atom. The molecular weight excluding hydrogens is 204 g/mol. The molecule has 4 nitrogen and oxygen atoms in total. The summed E-state index contributed by atoms with van der Waals surface area (Å²) in [5.74, 6) is 0.268. The Hall–Kier alpha value is -0.610. The Balaban J connectivity index is 2.02. The number of hydrogen-bond acceptors (Lipinski definition) is 3. The van der Waals surface area contributed by atoms with Crippen LogP contribution in [0.15, 0.2) is 0 Å². The van der Waals surface area contributed by atoms with Crippen LogP contribution in [0, 0.1) is 0 Å². The summed E-state index contributed by atoms with van der Waals surface area (Å²) in [6, 6.07) is 0.501. The third kappa shape index (κ3) is 2.23. The van der Waals surface area contributed by atoms with Gasteiger partial charge < -0.3 is 10.0 Å². The van der Waals surface area contributed by atoms with E-state index in [4.69, 9.17) is 5.11 Å². The van der Waals surface area contributed by atoms with Gasteiger partial charge in [-0.1, -0.05) is 6.42 Å². The van der Waals surface area contributed by atoms with Gasteiger partial charge in [-0.25, -0.2) is 0 Å². The summed E-state index contributed by atoms with van der Waals surface area (Å²) in [5.41, 5.74) is 0. The van der Waals surface area contributed by atoms with Crippen LogP contribution in [-0.2, 0) is 4.79 Å². The summed E-state index contributed by atoms with van der Waals surface area (Å²) in [5, 5.41) is 9.07. The van der Waals surface area contributed by atoms with Crippen molar-refractivity contribution >= 4 is 5.91 Å². The first kappa shape index (κ1) is 11.9. The van der Waals surface area contributed by atoms with E-state index in [2.05, 4.69) is 4.90 Å². The van der Waals surface area contributed by atoms with Crippen LogP contribution in [0.2, 0.25) is 0 Å². The molecule has 92 valence electrons. The summed E-state index contributed by atoms with van der Waals surface area (Å²) < 4.78 is 0. The second-order valence-corrected chi connectivity index (χ2v) is 4.96. The maximum Gasteiger partial charge on any atom is 0.239 e. The number of hydrogen-bond donors (Lipinski definition) is 1. The molecule has 0 radical (unpaired) electrons. The van der Waals surface area contributed by atoms with Gasteiger partial charge >= 0.3 is 0 Å². The first-order valence-corrected chi connectivity index (χ1v) is 6.35. The highest BCUT2D eigenvalue weighted by molar-refractivity contribution is 5.83. The maximum atomic E-state index is 12.0. The van der Waals surface area contributed by atoms with Crippen molar-refractivity contribution in [3.05, 3.63) is 0 Å². The second-order valence-electron chi connectivity index (χ2n) is 4.96. The van der Waals surface area contributed by atoms with E-state index in [1.165, 1.54) is 12.8 Å². The Morgan fingerprint density at radius 3 is 2.75 bits per heavy atom. The average Bonchev–Trinajstić information content (AvgIpc) is 2.61. The van der Waals surface area contributed by atoms with E-state index >= 15 is 0 Å². The molecule has 2 aliphatic heterocycles. The van der Waals surface area contributed by atoms with E-state index in [0.717, 1.165) is 32.4 Å². The van der Waals surface area contributed by atoms with Gasteiger partial charge in [-0.3, -0.25) is 9.69 Å². The monoisotopic (exact) mass is 226 g/mol. The standard InChI is InChI=1S/C12H22N2O2/c1-13-8-5-11(12(13)16)14-7-3-2-4-10(14)6-9-15/h10-11,15H,2-9H2,1H3/t10-,11-/m0/s1. The lowest BCUT2D eigenvalue weighted by atomic mass is 9.97. The lowest BCUT2D eigenvalue weighted by Crippen LogP contribution is -2.49. The normalized spacial score (nSPS) is 32.4. The van der Waals surface area contributed by atoms with Crippen LogP contribution in [0.25, 0.3) is 0 Å². The minimum absolute atomic E-state index is 0.0850. The zero-order chi connectivity index (χ0) is 11.5. The van der Waals surface area contributed by atoms with E-state index in [9.17, 15) is 4.79 Å². The number of carbonyl (C=O) groups is 1. The first-order chi connectivity index (χ1) is 7.74. The summed E-state index contributed by atoms with van der Waals surface area (Å²) in [6.45, 7) is 2.14. The molecule has 2 fully saturated rings. The van der Waals surface area contributed by atoms with Gasteiger partial charge in [0.25, 0.3) is 0 Å². The molecule has 1 amide bonds. The number of amides is 1. The number of likely N-dealkylation sites (tertiary alicyclic amines) is 2. The van der Waals surface area contributed by atoms with Gasteiger partial charge in [-0.15, -0.1) is 0 Å². The molecule has 2 atom stereocenters. The van der Waals surface area contributed by atoms with Crippen molar-refractivity contribution in [1.82, 2.24) is 9.80 Å². The van der Waals surface area contributed by atoms with Crippen molar-refractivity contribution in [2.24, 2.45) is 0 Å². The topological polar surface area (TPSA) is 43.8 Å².